The first-order chi connectivity index (χ1) is 52.9. The molecule has 0 amide bonds. The standard InChI is InChI=1S/C79H81N23O7/c1-12-13-54-71-62(92(3)76(103)95(71)6)34-68(89-54)101-60-32-57(51-39-81-23-15-66(51)107-10)87-53(48(60)42-84-101)19-29-109-46-17-25-98(26-18-46)74-72-63(93(4)77(104)96(72)7)36-70(90-74)102-61-33-58(52-40-82-24-16-67(52)108-11)88-55(49(61)43-85-102)30-45-37-79(45)20-27-99(28-21-79)75-73-64(94(5)78(105)97(73)8)35-69(91-75)100-59-31-56(86-44(2)47(59)41-83-100)50-38-80-22-14-65(50)106-9/h14-16,22-24,31-36,38-43,45-46H,12-13,17-21,25-30,37H2,1-11H3. The Morgan fingerprint density at radius 3 is 1.39 bits per heavy atom. The number of hydrogen-bond donors (Lipinski definition) is 0. The van der Waals surface area contributed by atoms with Crippen LogP contribution in [0.2, 0.25) is 0 Å². The fourth-order valence-corrected chi connectivity index (χ4v) is 17.0. The summed E-state index contributed by atoms with van der Waals surface area (Å²) in [5, 5.41) is 17.6. The van der Waals surface area contributed by atoms with Crippen molar-refractivity contribution in [2.24, 2.45) is 53.6 Å². The second kappa shape index (κ2) is 26.5. The molecule has 0 radical (unpaired) electrons. The molecule has 3 aliphatic rings. The molecule has 0 N–H and O–H groups in total. The number of rotatable bonds is 19. The van der Waals surface area contributed by atoms with Gasteiger partial charge in [-0.1, -0.05) is 13.3 Å². The van der Waals surface area contributed by atoms with Crippen molar-refractivity contribution in [3.63, 3.8) is 0 Å². The number of methoxy groups -OCH3 is 3. The van der Waals surface area contributed by atoms with Gasteiger partial charge in [0.1, 0.15) is 28.3 Å². The van der Waals surface area contributed by atoms with Crippen molar-refractivity contribution in [2.45, 2.75) is 77.7 Å². The molecule has 0 bridgehead atoms. The van der Waals surface area contributed by atoms with Crippen LogP contribution < -0.4 is 41.1 Å². The first-order valence-electron chi connectivity index (χ1n) is 36.8. The fraction of sp³-hybridized carbons (Fsp3) is 0.354. The van der Waals surface area contributed by atoms with E-state index in [9.17, 15) is 14.4 Å². The Morgan fingerprint density at radius 2 is 0.890 bits per heavy atom. The van der Waals surface area contributed by atoms with Crippen LogP contribution in [-0.4, -0.2) is 162 Å². The molecule has 30 nitrogen and oxygen atoms in total. The largest absolute Gasteiger partial charge is 0.496 e. The molecular weight excluding hydrogens is 1380 g/mol. The maximum Gasteiger partial charge on any atom is 0.328 e. The van der Waals surface area contributed by atoms with Crippen LogP contribution in [0.5, 0.6) is 17.2 Å². The first kappa shape index (κ1) is 68.3. The smallest absolute Gasteiger partial charge is 0.328 e. The van der Waals surface area contributed by atoms with Gasteiger partial charge in [-0.15, -0.1) is 0 Å². The maximum absolute atomic E-state index is 14.0. The lowest BCUT2D eigenvalue weighted by Gasteiger charge is -2.34. The quantitative estimate of drug-likeness (QED) is 0.0728. The highest BCUT2D eigenvalue weighted by Crippen LogP contribution is 2.61. The van der Waals surface area contributed by atoms with Crippen LogP contribution in [0.25, 0.3) is 117 Å². The van der Waals surface area contributed by atoms with Crippen molar-refractivity contribution in [1.82, 2.24) is 102 Å². The van der Waals surface area contributed by atoms with Crippen LogP contribution in [0.3, 0.4) is 0 Å². The Labute approximate surface area is 623 Å². The van der Waals surface area contributed by atoms with E-state index in [0.29, 0.717) is 115 Å². The Bertz CT molecular complexity index is 6390. The number of piperidine rings is 2. The third-order valence-corrected chi connectivity index (χ3v) is 23.0. The summed E-state index contributed by atoms with van der Waals surface area (Å²) in [4.78, 5) is 90.8. The molecule has 1 aliphatic carbocycles. The Balaban J connectivity index is 0.619. The number of aryl methyl sites for hydroxylation is 8. The zero-order chi connectivity index (χ0) is 75.0. The molecule has 18 rings (SSSR count). The summed E-state index contributed by atoms with van der Waals surface area (Å²) < 4.78 is 39.9. The molecule has 3 fully saturated rings. The summed E-state index contributed by atoms with van der Waals surface area (Å²) in [5.41, 5.74) is 14.2. The molecule has 1 saturated carbocycles. The van der Waals surface area contributed by atoms with Gasteiger partial charge in [0, 0.05) is 152 Å². The van der Waals surface area contributed by atoms with Gasteiger partial charge in [0.25, 0.3) is 0 Å². The average molecular weight is 1460 g/mol. The number of anilines is 2. The zero-order valence-electron chi connectivity index (χ0n) is 62.6. The van der Waals surface area contributed by atoms with E-state index in [1.54, 1.807) is 121 Å². The minimum Gasteiger partial charge on any atom is -0.496 e. The number of nitrogens with zero attached hydrogens (tertiary/aromatic N) is 23. The van der Waals surface area contributed by atoms with Crippen molar-refractivity contribution in [1.29, 1.82) is 0 Å². The molecule has 0 aromatic carbocycles. The monoisotopic (exact) mass is 1460 g/mol. The van der Waals surface area contributed by atoms with Gasteiger partial charge in [0.15, 0.2) is 29.1 Å². The molecule has 1 spiro atoms. The highest BCUT2D eigenvalue weighted by Gasteiger charge is 2.55. The van der Waals surface area contributed by atoms with E-state index in [2.05, 4.69) is 31.7 Å². The first-order valence-corrected chi connectivity index (χ1v) is 36.8. The van der Waals surface area contributed by atoms with Crippen molar-refractivity contribution >= 4 is 77.4 Å². The predicted octanol–water partition coefficient (Wildman–Crippen LogP) is 9.19. The number of aromatic nitrogens is 21. The van der Waals surface area contributed by atoms with Crippen LogP contribution in [0.1, 0.15) is 68.2 Å². The summed E-state index contributed by atoms with van der Waals surface area (Å²) in [6.07, 6.45) is 22.8. The minimum atomic E-state index is -0.167. The van der Waals surface area contributed by atoms with E-state index >= 15 is 0 Å². The van der Waals surface area contributed by atoms with Crippen molar-refractivity contribution in [2.75, 3.05) is 63.9 Å². The summed E-state index contributed by atoms with van der Waals surface area (Å²) in [7, 11) is 15.7. The van der Waals surface area contributed by atoms with Gasteiger partial charge < -0.3 is 28.7 Å². The fourth-order valence-electron chi connectivity index (χ4n) is 17.0. The van der Waals surface area contributed by atoms with E-state index in [4.69, 9.17) is 64.1 Å². The minimum absolute atomic E-state index is 0.0464. The van der Waals surface area contributed by atoms with Gasteiger partial charge in [-0.25, -0.2) is 43.4 Å². The molecule has 2 aliphatic heterocycles. The summed E-state index contributed by atoms with van der Waals surface area (Å²) in [6, 6.07) is 17.3. The zero-order valence-corrected chi connectivity index (χ0v) is 62.6. The number of fused-ring (bicyclic) bond motifs is 6. The van der Waals surface area contributed by atoms with Gasteiger partial charge >= 0.3 is 17.1 Å². The number of hydrogen-bond acceptors (Lipinski definition) is 21. The van der Waals surface area contributed by atoms with Crippen LogP contribution in [-0.2, 0) is 66.3 Å². The second-order valence-electron chi connectivity index (χ2n) is 29.0. The van der Waals surface area contributed by atoms with Crippen molar-refractivity contribution in [3.8, 4) is 68.5 Å². The molecule has 1 unspecified atom stereocenters. The molecule has 15 aromatic rings. The number of ether oxygens (including phenoxy) is 4. The Morgan fingerprint density at radius 1 is 0.459 bits per heavy atom. The topological polar surface area (TPSA) is 294 Å². The highest BCUT2D eigenvalue weighted by atomic mass is 16.5. The van der Waals surface area contributed by atoms with Crippen molar-refractivity contribution < 1.29 is 18.9 Å². The molecule has 15 aromatic heterocycles. The second-order valence-corrected chi connectivity index (χ2v) is 29.0. The number of pyridine rings is 9. The van der Waals surface area contributed by atoms with Gasteiger partial charge in [0.2, 0.25) is 0 Å². The summed E-state index contributed by atoms with van der Waals surface area (Å²) in [5.74, 6) is 5.38. The van der Waals surface area contributed by atoms with E-state index in [1.165, 1.54) is 0 Å². The van der Waals surface area contributed by atoms with Crippen LogP contribution in [0.4, 0.5) is 11.6 Å². The van der Waals surface area contributed by atoms with E-state index in [1.807, 2.05) is 101 Å². The Kier molecular flexibility index (Phi) is 16.6. The van der Waals surface area contributed by atoms with Crippen LogP contribution >= 0.6 is 0 Å². The van der Waals surface area contributed by atoms with E-state index in [-0.39, 0.29) is 28.6 Å². The maximum atomic E-state index is 14.0. The third-order valence-electron chi connectivity index (χ3n) is 23.0. The van der Waals surface area contributed by atoms with E-state index < -0.39 is 0 Å². The van der Waals surface area contributed by atoms with Gasteiger partial charge in [0.05, 0.1) is 142 Å². The lowest BCUT2D eigenvalue weighted by molar-refractivity contribution is 0.0388. The highest BCUT2D eigenvalue weighted by molar-refractivity contribution is 5.94. The van der Waals surface area contributed by atoms with Crippen LogP contribution in [0, 0.1) is 18.3 Å². The van der Waals surface area contributed by atoms with E-state index in [0.717, 1.165) is 150 Å². The van der Waals surface area contributed by atoms with Gasteiger partial charge in [-0.05, 0) is 99.6 Å². The molecular formula is C79H81N23O7. The normalized spacial score (nSPS) is 15.4. The lowest BCUT2D eigenvalue weighted by Crippen LogP contribution is -2.38. The number of imidazole rings is 3. The third kappa shape index (κ3) is 11.2. The lowest BCUT2D eigenvalue weighted by atomic mass is 9.89. The summed E-state index contributed by atoms with van der Waals surface area (Å²) >= 11 is 0. The SMILES string of the molecule is CCCc1nc(-n2ncc3c(CCOC4CCN(c5nc(-n6ncc7c(CC8CC89CCN(c8nc(-n%10ncc%11c(C)nc(-c%12cnccc%12OC)cc%11%10)cc%10c8n(C)c(=O)n%10C)CC9)nc(-c8cnccc8OC)cc76)cc6c5n(C)c(=O)n6C)CC4)nc(-c4cnccc4OC)cc32)cc2c1n(C)c(=O)n2C. The average Bonchev–Trinajstić information content (AvgIpc) is 1.58. The van der Waals surface area contributed by atoms with Crippen molar-refractivity contribution in [3.05, 3.63) is 165 Å². The molecule has 1 atom stereocenters. The molecule has 2 saturated heterocycles. The predicted molar refractivity (Wildman–Crippen MR) is 414 cm³/mol. The molecule has 554 valence electrons. The molecule has 17 heterocycles. The van der Waals surface area contributed by atoms with Gasteiger partial charge in [-0.3, -0.25) is 57.3 Å². The summed E-state index contributed by atoms with van der Waals surface area (Å²) in [6.45, 7) is 7.13. The van der Waals surface area contributed by atoms with Crippen LogP contribution in [0.15, 0.2) is 125 Å². The molecule has 109 heavy (non-hydrogen) atoms. The Hall–Kier alpha value is -12.5. The van der Waals surface area contributed by atoms with Gasteiger partial charge in [-0.2, -0.15) is 15.3 Å². The molecule has 30 heteroatoms.